The van der Waals surface area contributed by atoms with Crippen LogP contribution in [-0.4, -0.2) is 65.6 Å². The van der Waals surface area contributed by atoms with Gasteiger partial charge in [0, 0.05) is 20.0 Å². The summed E-state index contributed by atoms with van der Waals surface area (Å²) < 4.78 is 13.4. The van der Waals surface area contributed by atoms with Crippen LogP contribution < -0.4 is 10.1 Å². The van der Waals surface area contributed by atoms with Crippen molar-refractivity contribution in [2.75, 3.05) is 26.2 Å². The Morgan fingerprint density at radius 2 is 1.71 bits per heavy atom. The average Bonchev–Trinajstić information content (AvgIpc) is 3.03. The van der Waals surface area contributed by atoms with Crippen molar-refractivity contribution in [2.45, 2.75) is 83.3 Å². The Hall–Kier alpha value is -2.85. The molecule has 2 amide bonds. The van der Waals surface area contributed by atoms with E-state index in [2.05, 4.69) is 17.1 Å². The summed E-state index contributed by atoms with van der Waals surface area (Å²) in [5, 5.41) is 4.18. The second kappa shape index (κ2) is 17.2. The lowest BCUT2D eigenvalue weighted by Gasteiger charge is -2.58. The summed E-state index contributed by atoms with van der Waals surface area (Å²) in [5.41, 5.74) is 0.304. The Morgan fingerprint density at radius 3 is 2.38 bits per heavy atom. The number of halogens is 3. The van der Waals surface area contributed by atoms with E-state index in [1.165, 1.54) is 6.92 Å². The number of nitrogens with one attached hydrogen (secondary N) is 1. The molecule has 3 aromatic rings. The molecule has 0 spiro atoms. The van der Waals surface area contributed by atoms with Crippen molar-refractivity contribution in [3.8, 4) is 5.75 Å². The minimum atomic E-state index is -1.21. The zero-order valence-electron chi connectivity index (χ0n) is 28.1. The number of rotatable bonds is 10. The fourth-order valence-corrected chi connectivity index (χ4v) is 7.40. The number of nitrogens with zero attached hydrogens (tertiary/aromatic N) is 2. The van der Waals surface area contributed by atoms with Gasteiger partial charge in [-0.1, -0.05) is 78.7 Å². The number of carbonyl (C=O) groups is 2. The van der Waals surface area contributed by atoms with E-state index >= 15 is 0 Å². The lowest BCUT2D eigenvalue weighted by Crippen LogP contribution is -2.70. The van der Waals surface area contributed by atoms with E-state index in [1.807, 2.05) is 85.5 Å². The SMILES string of the molecule is CCN1CCCCC1OC1(c2ccc(Cl)c(Cl)c2)CN(C(=O)Cc2cccc(OC(C)C)c2)CCC1(NC(C)=O)c1ccccc1.Cl.O. The molecule has 48 heavy (non-hydrogen) atoms. The normalized spacial score (nSPS) is 22.7. The molecule has 5 rings (SSSR count). The summed E-state index contributed by atoms with van der Waals surface area (Å²) in [7, 11) is 0. The Morgan fingerprint density at radius 1 is 0.958 bits per heavy atom. The molecule has 0 saturated carbocycles. The van der Waals surface area contributed by atoms with Crippen molar-refractivity contribution >= 4 is 47.4 Å². The van der Waals surface area contributed by atoms with Crippen molar-refractivity contribution in [3.63, 3.8) is 0 Å². The Bertz CT molecular complexity index is 1530. The molecule has 3 unspecified atom stereocenters. The van der Waals surface area contributed by atoms with Crippen molar-refractivity contribution in [1.29, 1.82) is 0 Å². The zero-order chi connectivity index (χ0) is 32.9. The maximum atomic E-state index is 14.2. The largest absolute Gasteiger partial charge is 0.491 e. The Kier molecular flexibility index (Phi) is 14.2. The molecule has 262 valence electrons. The molecule has 3 aromatic carbocycles. The molecule has 2 fully saturated rings. The zero-order valence-corrected chi connectivity index (χ0v) is 30.5. The minimum absolute atomic E-state index is 0. The third kappa shape index (κ3) is 8.47. The van der Waals surface area contributed by atoms with Crippen molar-refractivity contribution < 1.29 is 24.5 Å². The van der Waals surface area contributed by atoms with E-state index in [9.17, 15) is 9.59 Å². The maximum absolute atomic E-state index is 14.2. The van der Waals surface area contributed by atoms with Gasteiger partial charge in [0.1, 0.15) is 23.1 Å². The highest BCUT2D eigenvalue weighted by Gasteiger charge is 2.60. The average molecular weight is 721 g/mol. The molecule has 2 saturated heterocycles. The first kappa shape index (κ1) is 39.6. The van der Waals surface area contributed by atoms with Gasteiger partial charge in [-0.3, -0.25) is 14.5 Å². The second-order valence-corrected chi connectivity index (χ2v) is 13.5. The fraction of sp³-hybridized carbons (Fsp3) is 0.459. The van der Waals surface area contributed by atoms with Crippen LogP contribution in [0.4, 0.5) is 0 Å². The Balaban J connectivity index is 0.00000312. The third-order valence-electron chi connectivity index (χ3n) is 9.18. The topological polar surface area (TPSA) is 103 Å². The van der Waals surface area contributed by atoms with E-state index in [0.717, 1.165) is 54.8 Å². The number of hydrogen-bond donors (Lipinski definition) is 1. The Labute approximate surface area is 300 Å². The lowest BCUT2D eigenvalue weighted by molar-refractivity contribution is -0.230. The first-order valence-corrected chi connectivity index (χ1v) is 17.1. The quantitative estimate of drug-likeness (QED) is 0.245. The van der Waals surface area contributed by atoms with Crippen LogP contribution >= 0.6 is 35.6 Å². The van der Waals surface area contributed by atoms with Crippen LogP contribution in [0.15, 0.2) is 72.8 Å². The molecule has 2 aliphatic heterocycles. The van der Waals surface area contributed by atoms with E-state index in [1.54, 1.807) is 6.07 Å². The van der Waals surface area contributed by atoms with Crippen LogP contribution in [0.25, 0.3) is 0 Å². The van der Waals surface area contributed by atoms with Crippen LogP contribution in [0, 0.1) is 0 Å². The summed E-state index contributed by atoms with van der Waals surface area (Å²) in [6.07, 6.45) is 3.37. The molecule has 2 heterocycles. The number of ether oxygens (including phenoxy) is 2. The maximum Gasteiger partial charge on any atom is 0.227 e. The second-order valence-electron chi connectivity index (χ2n) is 12.7. The molecule has 2 aliphatic rings. The highest BCUT2D eigenvalue weighted by Crippen LogP contribution is 2.51. The molecule has 0 radical (unpaired) electrons. The smallest absolute Gasteiger partial charge is 0.227 e. The molecular formula is C37H48Cl3N3O5. The van der Waals surface area contributed by atoms with Gasteiger partial charge in [0.2, 0.25) is 11.8 Å². The van der Waals surface area contributed by atoms with Gasteiger partial charge in [-0.15, -0.1) is 12.4 Å². The van der Waals surface area contributed by atoms with E-state index in [-0.39, 0.29) is 55.0 Å². The van der Waals surface area contributed by atoms with Gasteiger partial charge in [0.15, 0.2) is 0 Å². The van der Waals surface area contributed by atoms with Gasteiger partial charge < -0.3 is 25.2 Å². The van der Waals surface area contributed by atoms with Crippen LogP contribution in [0.2, 0.25) is 10.0 Å². The third-order valence-corrected chi connectivity index (χ3v) is 9.92. The number of amides is 2. The van der Waals surface area contributed by atoms with Crippen molar-refractivity contribution in [2.24, 2.45) is 0 Å². The number of carbonyl (C=O) groups excluding carboxylic acids is 2. The first-order valence-electron chi connectivity index (χ1n) is 16.3. The molecular weight excluding hydrogens is 673 g/mol. The van der Waals surface area contributed by atoms with Gasteiger partial charge in [-0.25, -0.2) is 0 Å². The van der Waals surface area contributed by atoms with Crippen LogP contribution in [0.5, 0.6) is 5.75 Å². The summed E-state index contributed by atoms with van der Waals surface area (Å²) in [6.45, 7) is 9.99. The fourth-order valence-electron chi connectivity index (χ4n) is 7.10. The van der Waals surface area contributed by atoms with Gasteiger partial charge in [-0.2, -0.15) is 0 Å². The first-order chi connectivity index (χ1) is 22.1. The van der Waals surface area contributed by atoms with Crippen LogP contribution in [-0.2, 0) is 31.9 Å². The highest BCUT2D eigenvalue weighted by atomic mass is 35.5. The number of hydrogen-bond acceptors (Lipinski definition) is 5. The van der Waals surface area contributed by atoms with E-state index in [0.29, 0.717) is 23.0 Å². The summed E-state index contributed by atoms with van der Waals surface area (Å²) in [4.78, 5) is 31.6. The molecule has 0 aliphatic carbocycles. The predicted molar refractivity (Wildman–Crippen MR) is 194 cm³/mol. The van der Waals surface area contributed by atoms with Gasteiger partial charge >= 0.3 is 0 Å². The molecule has 0 aromatic heterocycles. The standard InChI is InChI=1S/C37H45Cl2N3O4.ClH.H2O/c1-5-41-20-10-9-16-35(41)46-37(30-17-18-32(38)33(39)24-30)25-42(34(44)23-28-12-11-15-31(22-28)45-26(2)3)21-19-36(37,40-27(4)43)29-13-7-6-8-14-29;;/h6-8,11-15,17-18,22,24,26,35H,5,9-10,16,19-21,23,25H2,1-4H3,(H,40,43);1H;1H2. The molecule has 8 nitrogen and oxygen atoms in total. The van der Waals surface area contributed by atoms with E-state index < -0.39 is 11.1 Å². The molecule has 11 heteroatoms. The monoisotopic (exact) mass is 719 g/mol. The van der Waals surface area contributed by atoms with Crippen molar-refractivity contribution in [3.05, 3.63) is 99.5 Å². The number of piperidine rings is 2. The molecule has 0 bridgehead atoms. The van der Waals surface area contributed by atoms with E-state index in [4.69, 9.17) is 32.7 Å². The number of likely N-dealkylation sites (tertiary alicyclic amines) is 2. The highest BCUT2D eigenvalue weighted by molar-refractivity contribution is 6.42. The number of benzene rings is 3. The van der Waals surface area contributed by atoms with Gasteiger partial charge in [-0.05, 0) is 87.0 Å². The molecule has 3 N–H and O–H groups in total. The lowest BCUT2D eigenvalue weighted by atomic mass is 9.65. The van der Waals surface area contributed by atoms with Crippen molar-refractivity contribution in [1.82, 2.24) is 15.1 Å². The predicted octanol–water partition coefficient (Wildman–Crippen LogP) is 6.93. The van der Waals surface area contributed by atoms with Crippen LogP contribution in [0.3, 0.4) is 0 Å². The van der Waals surface area contributed by atoms with Gasteiger partial charge in [0.05, 0.1) is 29.1 Å². The summed E-state index contributed by atoms with van der Waals surface area (Å²) in [6, 6.07) is 23.2. The van der Waals surface area contributed by atoms with Crippen LogP contribution in [0.1, 0.15) is 70.1 Å². The summed E-state index contributed by atoms with van der Waals surface area (Å²) >= 11 is 13.2. The van der Waals surface area contributed by atoms with Gasteiger partial charge in [0.25, 0.3) is 0 Å². The summed E-state index contributed by atoms with van der Waals surface area (Å²) in [5.74, 6) is 0.517. The minimum Gasteiger partial charge on any atom is -0.491 e. The molecule has 3 atom stereocenters.